The first-order valence-electron chi connectivity index (χ1n) is 5.65. The van der Waals surface area contributed by atoms with E-state index < -0.39 is 0 Å². The number of nitrogens with one attached hydrogen (secondary N) is 1. The summed E-state index contributed by atoms with van der Waals surface area (Å²) in [6.07, 6.45) is 2.71. The minimum absolute atomic E-state index is 0.905. The Bertz CT molecular complexity index is 333. The highest BCUT2D eigenvalue weighted by molar-refractivity contribution is 5.49. The Morgan fingerprint density at radius 3 is 2.87 bits per heavy atom. The van der Waals surface area contributed by atoms with Gasteiger partial charge in [0, 0.05) is 38.2 Å². The average molecular weight is 206 g/mol. The second-order valence-corrected chi connectivity index (χ2v) is 3.72. The normalized spacial score (nSPS) is 14.8. The Morgan fingerprint density at radius 2 is 2.13 bits per heavy atom. The van der Waals surface area contributed by atoms with E-state index in [0.29, 0.717) is 0 Å². The van der Waals surface area contributed by atoms with E-state index in [1.54, 1.807) is 6.33 Å². The third kappa shape index (κ3) is 1.95. The summed E-state index contributed by atoms with van der Waals surface area (Å²) in [6.45, 7) is 8.26. The molecule has 4 nitrogen and oxygen atoms in total. The fourth-order valence-electron chi connectivity index (χ4n) is 2.05. The summed E-state index contributed by atoms with van der Waals surface area (Å²) in [5.74, 6) is 1.11. The van der Waals surface area contributed by atoms with Crippen molar-refractivity contribution in [3.63, 3.8) is 0 Å². The molecule has 2 rings (SSSR count). The van der Waals surface area contributed by atoms with Crippen molar-refractivity contribution in [1.29, 1.82) is 0 Å². The third-order valence-corrected chi connectivity index (χ3v) is 2.92. The summed E-state index contributed by atoms with van der Waals surface area (Å²) < 4.78 is 0. The summed E-state index contributed by atoms with van der Waals surface area (Å²) in [6, 6.07) is 0. The lowest BCUT2D eigenvalue weighted by Crippen LogP contribution is -2.30. The molecule has 82 valence electrons. The van der Waals surface area contributed by atoms with Crippen LogP contribution in [0.15, 0.2) is 6.33 Å². The Hall–Kier alpha value is -1.16. The van der Waals surface area contributed by atoms with Crippen LogP contribution in [-0.2, 0) is 13.0 Å². The van der Waals surface area contributed by atoms with Gasteiger partial charge < -0.3 is 10.2 Å². The molecular formula is C11H18N4. The molecule has 0 unspecified atom stereocenters. The number of anilines is 1. The molecule has 15 heavy (non-hydrogen) atoms. The maximum Gasteiger partial charge on any atom is 0.136 e. The molecule has 0 radical (unpaired) electrons. The molecule has 1 N–H and O–H groups in total. The molecule has 2 heterocycles. The molecule has 1 aromatic rings. The van der Waals surface area contributed by atoms with E-state index >= 15 is 0 Å². The molecule has 0 spiro atoms. The van der Waals surface area contributed by atoms with Gasteiger partial charge in [0.1, 0.15) is 12.1 Å². The van der Waals surface area contributed by atoms with Gasteiger partial charge in [0.15, 0.2) is 0 Å². The summed E-state index contributed by atoms with van der Waals surface area (Å²) in [5, 5.41) is 3.38. The Morgan fingerprint density at radius 1 is 1.33 bits per heavy atom. The van der Waals surface area contributed by atoms with Crippen LogP contribution in [0.4, 0.5) is 5.82 Å². The number of nitrogens with zero attached hydrogens (tertiary/aromatic N) is 3. The van der Waals surface area contributed by atoms with E-state index in [1.165, 1.54) is 11.3 Å². The standard InChI is InChI=1S/C11H18N4/c1-3-15(4-2)11-9-7-12-6-5-10(9)13-8-14-11/h8,12H,3-7H2,1-2H3. The van der Waals surface area contributed by atoms with Gasteiger partial charge in [0.2, 0.25) is 0 Å². The quantitative estimate of drug-likeness (QED) is 0.800. The zero-order chi connectivity index (χ0) is 10.7. The van der Waals surface area contributed by atoms with Crippen LogP contribution in [0.3, 0.4) is 0 Å². The van der Waals surface area contributed by atoms with Crippen molar-refractivity contribution in [2.45, 2.75) is 26.8 Å². The van der Waals surface area contributed by atoms with Crippen LogP contribution < -0.4 is 10.2 Å². The zero-order valence-electron chi connectivity index (χ0n) is 9.45. The first kappa shape index (κ1) is 10.4. The second-order valence-electron chi connectivity index (χ2n) is 3.72. The molecule has 1 aromatic heterocycles. The summed E-state index contributed by atoms with van der Waals surface area (Å²) in [7, 11) is 0. The minimum Gasteiger partial charge on any atom is -0.357 e. The maximum absolute atomic E-state index is 4.41. The second kappa shape index (κ2) is 4.57. The van der Waals surface area contributed by atoms with Crippen molar-refractivity contribution >= 4 is 5.82 Å². The molecule has 4 heteroatoms. The summed E-state index contributed by atoms with van der Waals surface area (Å²) in [4.78, 5) is 11.0. The highest BCUT2D eigenvalue weighted by Gasteiger charge is 2.17. The summed E-state index contributed by atoms with van der Waals surface area (Å²) >= 11 is 0. The van der Waals surface area contributed by atoms with Crippen LogP contribution >= 0.6 is 0 Å². The predicted octanol–water partition coefficient (Wildman–Crippen LogP) is 0.968. The molecule has 0 aromatic carbocycles. The van der Waals surface area contributed by atoms with Crippen LogP contribution in [0.25, 0.3) is 0 Å². The molecule has 1 aliphatic heterocycles. The Balaban J connectivity index is 2.38. The van der Waals surface area contributed by atoms with E-state index in [-0.39, 0.29) is 0 Å². The molecule has 0 bridgehead atoms. The van der Waals surface area contributed by atoms with Crippen molar-refractivity contribution < 1.29 is 0 Å². The highest BCUT2D eigenvalue weighted by Crippen LogP contribution is 2.21. The van der Waals surface area contributed by atoms with E-state index in [4.69, 9.17) is 0 Å². The first-order chi connectivity index (χ1) is 7.36. The van der Waals surface area contributed by atoms with Crippen molar-refractivity contribution in [3.05, 3.63) is 17.6 Å². The van der Waals surface area contributed by atoms with Gasteiger partial charge in [-0.15, -0.1) is 0 Å². The lowest BCUT2D eigenvalue weighted by Gasteiger charge is -2.26. The van der Waals surface area contributed by atoms with Gasteiger partial charge in [0.05, 0.1) is 5.69 Å². The smallest absolute Gasteiger partial charge is 0.136 e. The molecule has 0 aliphatic carbocycles. The largest absolute Gasteiger partial charge is 0.357 e. The van der Waals surface area contributed by atoms with Crippen molar-refractivity contribution in [2.75, 3.05) is 24.5 Å². The highest BCUT2D eigenvalue weighted by atomic mass is 15.2. The van der Waals surface area contributed by atoms with E-state index in [0.717, 1.165) is 38.4 Å². The van der Waals surface area contributed by atoms with Crippen LogP contribution in [-0.4, -0.2) is 29.6 Å². The van der Waals surface area contributed by atoms with Crippen LogP contribution in [0.1, 0.15) is 25.1 Å². The van der Waals surface area contributed by atoms with Gasteiger partial charge >= 0.3 is 0 Å². The van der Waals surface area contributed by atoms with Crippen molar-refractivity contribution in [3.8, 4) is 0 Å². The lowest BCUT2D eigenvalue weighted by atomic mass is 10.1. The van der Waals surface area contributed by atoms with Crippen LogP contribution in [0.5, 0.6) is 0 Å². The molecule has 0 amide bonds. The lowest BCUT2D eigenvalue weighted by molar-refractivity contribution is 0.621. The number of aromatic nitrogens is 2. The SMILES string of the molecule is CCN(CC)c1ncnc2c1CNCC2. The monoisotopic (exact) mass is 206 g/mol. The molecule has 0 fully saturated rings. The van der Waals surface area contributed by atoms with Gasteiger partial charge in [-0.3, -0.25) is 0 Å². The number of rotatable bonds is 3. The predicted molar refractivity (Wildman–Crippen MR) is 61.0 cm³/mol. The molecule has 1 aliphatic rings. The fraction of sp³-hybridized carbons (Fsp3) is 0.636. The molecule has 0 atom stereocenters. The minimum atomic E-state index is 0.905. The average Bonchev–Trinajstić information content (AvgIpc) is 2.31. The first-order valence-corrected chi connectivity index (χ1v) is 5.65. The maximum atomic E-state index is 4.41. The van der Waals surface area contributed by atoms with Crippen LogP contribution in [0, 0.1) is 0 Å². The van der Waals surface area contributed by atoms with E-state index in [1.807, 2.05) is 0 Å². The number of fused-ring (bicyclic) bond motifs is 1. The van der Waals surface area contributed by atoms with Crippen molar-refractivity contribution in [1.82, 2.24) is 15.3 Å². The third-order valence-electron chi connectivity index (χ3n) is 2.92. The fourth-order valence-corrected chi connectivity index (χ4v) is 2.05. The topological polar surface area (TPSA) is 41.1 Å². The van der Waals surface area contributed by atoms with Gasteiger partial charge in [-0.2, -0.15) is 0 Å². The van der Waals surface area contributed by atoms with Crippen molar-refractivity contribution in [2.24, 2.45) is 0 Å². The Kier molecular flexibility index (Phi) is 3.16. The molecule has 0 saturated carbocycles. The van der Waals surface area contributed by atoms with Gasteiger partial charge in [-0.1, -0.05) is 0 Å². The van der Waals surface area contributed by atoms with Crippen LogP contribution in [0.2, 0.25) is 0 Å². The summed E-state index contributed by atoms with van der Waals surface area (Å²) in [5.41, 5.74) is 2.50. The zero-order valence-corrected chi connectivity index (χ0v) is 9.45. The molecule has 0 saturated heterocycles. The van der Waals surface area contributed by atoms with Gasteiger partial charge in [0.25, 0.3) is 0 Å². The Labute approximate surface area is 90.7 Å². The molecular weight excluding hydrogens is 188 g/mol. The van der Waals surface area contributed by atoms with Gasteiger partial charge in [-0.25, -0.2) is 9.97 Å². The number of hydrogen-bond acceptors (Lipinski definition) is 4. The van der Waals surface area contributed by atoms with E-state index in [9.17, 15) is 0 Å². The van der Waals surface area contributed by atoms with E-state index in [2.05, 4.69) is 34.0 Å². The van der Waals surface area contributed by atoms with Gasteiger partial charge in [-0.05, 0) is 13.8 Å². The number of hydrogen-bond donors (Lipinski definition) is 1.